The van der Waals surface area contributed by atoms with Crippen LogP contribution in [0.3, 0.4) is 0 Å². The molecule has 0 saturated heterocycles. The first-order valence-corrected chi connectivity index (χ1v) is 8.27. The number of hydrogen-bond donors (Lipinski definition) is 1. The van der Waals surface area contributed by atoms with Crippen LogP contribution < -0.4 is 10.1 Å². The number of carbonyl (C=O) groups excluding carboxylic acids is 1. The fourth-order valence-electron chi connectivity index (χ4n) is 2.18. The maximum Gasteiger partial charge on any atom is 0.262 e. The van der Waals surface area contributed by atoms with Gasteiger partial charge in [-0.3, -0.25) is 4.79 Å². The van der Waals surface area contributed by atoms with Gasteiger partial charge in [-0.15, -0.1) is 0 Å². The Bertz CT molecular complexity index is 690. The normalized spacial score (nSPS) is 11.8. The molecule has 5 heteroatoms. The molecule has 3 nitrogen and oxygen atoms in total. The molecule has 23 heavy (non-hydrogen) atoms. The van der Waals surface area contributed by atoms with Gasteiger partial charge in [0.05, 0.1) is 4.47 Å². The highest BCUT2D eigenvalue weighted by Crippen LogP contribution is 2.27. The summed E-state index contributed by atoms with van der Waals surface area (Å²) in [6, 6.07) is 11.8. The van der Waals surface area contributed by atoms with Crippen LogP contribution in [0.25, 0.3) is 0 Å². The Hall–Kier alpha value is -1.88. The zero-order chi connectivity index (χ0) is 16.8. The molecule has 0 aliphatic carbocycles. The van der Waals surface area contributed by atoms with Gasteiger partial charge in [0, 0.05) is 5.69 Å². The SMILES string of the molecule is CCC(C)c1ccccc1NC(=O)COc1ccc(F)cc1Br. The summed E-state index contributed by atoms with van der Waals surface area (Å²) in [4.78, 5) is 12.1. The minimum absolute atomic E-state index is 0.140. The zero-order valence-electron chi connectivity index (χ0n) is 13.1. The lowest BCUT2D eigenvalue weighted by atomic mass is 9.97. The largest absolute Gasteiger partial charge is 0.483 e. The van der Waals surface area contributed by atoms with Gasteiger partial charge in [0.1, 0.15) is 11.6 Å². The molecule has 2 aromatic carbocycles. The van der Waals surface area contributed by atoms with Gasteiger partial charge in [-0.05, 0) is 58.1 Å². The number of amides is 1. The molecule has 0 radical (unpaired) electrons. The molecule has 0 saturated carbocycles. The maximum absolute atomic E-state index is 13.0. The van der Waals surface area contributed by atoms with E-state index in [0.29, 0.717) is 16.1 Å². The third kappa shape index (κ3) is 4.79. The average molecular weight is 380 g/mol. The molecule has 1 N–H and O–H groups in total. The summed E-state index contributed by atoms with van der Waals surface area (Å²) in [6.07, 6.45) is 0.992. The number of carbonyl (C=O) groups is 1. The highest BCUT2D eigenvalue weighted by molar-refractivity contribution is 9.10. The van der Waals surface area contributed by atoms with Crippen molar-refractivity contribution >= 4 is 27.5 Å². The molecule has 122 valence electrons. The van der Waals surface area contributed by atoms with E-state index in [1.807, 2.05) is 24.3 Å². The summed E-state index contributed by atoms with van der Waals surface area (Å²) in [5.74, 6) is 0.170. The van der Waals surface area contributed by atoms with Crippen molar-refractivity contribution in [1.82, 2.24) is 0 Å². The van der Waals surface area contributed by atoms with Gasteiger partial charge < -0.3 is 10.1 Å². The molecule has 0 bridgehead atoms. The van der Waals surface area contributed by atoms with E-state index >= 15 is 0 Å². The number of nitrogens with one attached hydrogen (secondary N) is 1. The van der Waals surface area contributed by atoms with Crippen LogP contribution in [0, 0.1) is 5.82 Å². The van der Waals surface area contributed by atoms with Gasteiger partial charge in [0.15, 0.2) is 6.61 Å². The van der Waals surface area contributed by atoms with Gasteiger partial charge >= 0.3 is 0 Å². The van der Waals surface area contributed by atoms with Crippen molar-refractivity contribution in [3.63, 3.8) is 0 Å². The smallest absolute Gasteiger partial charge is 0.262 e. The number of benzene rings is 2. The van der Waals surface area contributed by atoms with Crippen LogP contribution in [0.15, 0.2) is 46.9 Å². The quantitative estimate of drug-likeness (QED) is 0.756. The molecule has 0 aliphatic heterocycles. The lowest BCUT2D eigenvalue weighted by molar-refractivity contribution is -0.118. The van der Waals surface area contributed by atoms with E-state index in [2.05, 4.69) is 35.1 Å². The number of ether oxygens (including phenoxy) is 1. The summed E-state index contributed by atoms with van der Waals surface area (Å²) in [7, 11) is 0. The van der Waals surface area contributed by atoms with Gasteiger partial charge in [0.25, 0.3) is 5.91 Å². The Balaban J connectivity index is 2.00. The molecule has 1 atom stereocenters. The molecule has 0 spiro atoms. The van der Waals surface area contributed by atoms with Crippen molar-refractivity contribution in [3.8, 4) is 5.75 Å². The third-order valence-electron chi connectivity index (χ3n) is 3.63. The predicted molar refractivity (Wildman–Crippen MR) is 93.4 cm³/mol. The van der Waals surface area contributed by atoms with Crippen LogP contribution in [0.4, 0.5) is 10.1 Å². The molecule has 2 aromatic rings. The number of hydrogen-bond acceptors (Lipinski definition) is 2. The Morgan fingerprint density at radius 2 is 2.04 bits per heavy atom. The molecular weight excluding hydrogens is 361 g/mol. The highest BCUT2D eigenvalue weighted by Gasteiger charge is 2.12. The molecule has 2 rings (SSSR count). The van der Waals surface area contributed by atoms with Gasteiger partial charge in [-0.25, -0.2) is 4.39 Å². The second-order valence-electron chi connectivity index (χ2n) is 5.31. The first kappa shape index (κ1) is 17.5. The van der Waals surface area contributed by atoms with Crippen LogP contribution in [0.2, 0.25) is 0 Å². The molecule has 0 aliphatic rings. The van der Waals surface area contributed by atoms with E-state index < -0.39 is 0 Å². The lowest BCUT2D eigenvalue weighted by Crippen LogP contribution is -2.21. The van der Waals surface area contributed by atoms with E-state index in [4.69, 9.17) is 4.74 Å². The van der Waals surface area contributed by atoms with Gasteiger partial charge in [-0.2, -0.15) is 0 Å². The predicted octanol–water partition coefficient (Wildman–Crippen LogP) is 5.12. The minimum Gasteiger partial charge on any atom is -0.483 e. The Kier molecular flexibility index (Phi) is 6.16. The molecule has 0 aromatic heterocycles. The minimum atomic E-state index is -0.365. The molecular formula is C18H19BrFNO2. The number of rotatable bonds is 6. The monoisotopic (exact) mass is 379 g/mol. The average Bonchev–Trinajstić information content (AvgIpc) is 2.54. The first-order valence-electron chi connectivity index (χ1n) is 7.48. The number of halogens is 2. The summed E-state index contributed by atoms with van der Waals surface area (Å²) in [6.45, 7) is 4.09. The van der Waals surface area contributed by atoms with Gasteiger partial charge in [-0.1, -0.05) is 32.0 Å². The molecule has 1 unspecified atom stereocenters. The van der Waals surface area contributed by atoms with Crippen molar-refractivity contribution < 1.29 is 13.9 Å². The summed E-state index contributed by atoms with van der Waals surface area (Å²) in [5, 5.41) is 2.87. The fraction of sp³-hybridized carbons (Fsp3) is 0.278. The van der Waals surface area contributed by atoms with Crippen LogP contribution in [0.1, 0.15) is 31.7 Å². The second kappa shape index (κ2) is 8.11. The van der Waals surface area contributed by atoms with E-state index in [1.165, 1.54) is 18.2 Å². The second-order valence-corrected chi connectivity index (χ2v) is 6.16. The van der Waals surface area contributed by atoms with Crippen LogP contribution in [0.5, 0.6) is 5.75 Å². The lowest BCUT2D eigenvalue weighted by Gasteiger charge is -2.16. The molecule has 0 fully saturated rings. The first-order chi connectivity index (χ1) is 11.0. The number of para-hydroxylation sites is 1. The summed E-state index contributed by atoms with van der Waals surface area (Å²) < 4.78 is 18.9. The Morgan fingerprint density at radius 3 is 2.74 bits per heavy atom. The maximum atomic E-state index is 13.0. The van der Waals surface area contributed by atoms with E-state index in [-0.39, 0.29) is 18.3 Å². The zero-order valence-corrected chi connectivity index (χ0v) is 14.7. The number of anilines is 1. The van der Waals surface area contributed by atoms with Crippen molar-refractivity contribution in [3.05, 3.63) is 58.3 Å². The standard InChI is InChI=1S/C18H19BrFNO2/c1-3-12(2)14-6-4-5-7-16(14)21-18(22)11-23-17-9-8-13(20)10-15(17)19/h4-10,12H,3,11H2,1-2H3,(H,21,22). The van der Waals surface area contributed by atoms with Crippen molar-refractivity contribution in [2.45, 2.75) is 26.2 Å². The van der Waals surface area contributed by atoms with Crippen molar-refractivity contribution in [2.75, 3.05) is 11.9 Å². The van der Waals surface area contributed by atoms with E-state index in [9.17, 15) is 9.18 Å². The topological polar surface area (TPSA) is 38.3 Å². The van der Waals surface area contributed by atoms with Crippen LogP contribution >= 0.6 is 15.9 Å². The Labute approximate surface area is 144 Å². The highest BCUT2D eigenvalue weighted by atomic mass is 79.9. The fourth-order valence-corrected chi connectivity index (χ4v) is 2.65. The van der Waals surface area contributed by atoms with Gasteiger partial charge in [0.2, 0.25) is 0 Å². The van der Waals surface area contributed by atoms with Crippen LogP contribution in [-0.2, 0) is 4.79 Å². The molecule has 1 amide bonds. The summed E-state index contributed by atoms with van der Waals surface area (Å²) >= 11 is 3.21. The van der Waals surface area contributed by atoms with E-state index in [0.717, 1.165) is 17.7 Å². The molecule has 0 heterocycles. The van der Waals surface area contributed by atoms with Crippen LogP contribution in [-0.4, -0.2) is 12.5 Å². The summed E-state index contributed by atoms with van der Waals surface area (Å²) in [5.41, 5.74) is 1.90. The third-order valence-corrected chi connectivity index (χ3v) is 4.25. The van der Waals surface area contributed by atoms with Crippen molar-refractivity contribution in [1.29, 1.82) is 0 Å². The van der Waals surface area contributed by atoms with Crippen molar-refractivity contribution in [2.24, 2.45) is 0 Å². The Morgan fingerprint density at radius 1 is 1.30 bits per heavy atom. The van der Waals surface area contributed by atoms with E-state index in [1.54, 1.807) is 0 Å².